The van der Waals surface area contributed by atoms with Gasteiger partial charge in [-0.2, -0.15) is 0 Å². The molecule has 0 bridgehead atoms. The highest BCUT2D eigenvalue weighted by Crippen LogP contribution is 2.25. The molecule has 0 saturated heterocycles. The number of aryl methyl sites for hydroxylation is 2. The van der Waals surface area contributed by atoms with E-state index in [1.54, 1.807) is 28.8 Å². The minimum atomic E-state index is -0.319. The lowest BCUT2D eigenvalue weighted by atomic mass is 10.2. The lowest BCUT2D eigenvalue weighted by molar-refractivity contribution is 0.102. The highest BCUT2D eigenvalue weighted by Gasteiger charge is 2.19. The van der Waals surface area contributed by atoms with Crippen LogP contribution in [-0.4, -0.2) is 30.9 Å². The second-order valence-electron chi connectivity index (χ2n) is 6.21. The van der Waals surface area contributed by atoms with Gasteiger partial charge >= 0.3 is 0 Å². The van der Waals surface area contributed by atoms with Crippen LogP contribution in [0, 0.1) is 26.6 Å². The summed E-state index contributed by atoms with van der Waals surface area (Å²) in [6.45, 7) is 9.90. The van der Waals surface area contributed by atoms with Crippen molar-refractivity contribution in [3.63, 3.8) is 0 Å². The second kappa shape index (κ2) is 7.92. The summed E-state index contributed by atoms with van der Waals surface area (Å²) in [5.74, 6) is 0.668. The Hall–Kier alpha value is -2.67. The van der Waals surface area contributed by atoms with Gasteiger partial charge in [-0.25, -0.2) is 4.39 Å². The third-order valence-corrected chi connectivity index (χ3v) is 5.34. The topological polar surface area (TPSA) is 52.7 Å². The average Bonchev–Trinajstić information content (AvgIpc) is 3.14. The number of nitrogens with zero attached hydrogens (tertiary/aromatic N) is 4. The molecule has 0 aliphatic carbocycles. The maximum atomic E-state index is 14.2. The Labute approximate surface area is 161 Å². The molecule has 0 radical (unpaired) electrons. The molecule has 0 amide bonds. The van der Waals surface area contributed by atoms with Crippen molar-refractivity contribution in [2.45, 2.75) is 32.5 Å². The van der Waals surface area contributed by atoms with Crippen molar-refractivity contribution in [1.82, 2.24) is 19.3 Å². The summed E-state index contributed by atoms with van der Waals surface area (Å²) in [7, 11) is 0. The molecule has 0 saturated carbocycles. The van der Waals surface area contributed by atoms with E-state index in [1.165, 1.54) is 17.8 Å². The zero-order valence-corrected chi connectivity index (χ0v) is 16.4. The number of carbonyl (C=O) groups excluding carboxylic acids is 1. The third-order valence-electron chi connectivity index (χ3n) is 4.37. The number of para-hydroxylation sites is 1. The molecule has 0 unspecified atom stereocenters. The van der Waals surface area contributed by atoms with Gasteiger partial charge in [0.15, 0.2) is 10.9 Å². The van der Waals surface area contributed by atoms with Crippen LogP contribution >= 0.6 is 11.8 Å². The molecule has 2 heterocycles. The summed E-state index contributed by atoms with van der Waals surface area (Å²) >= 11 is 1.34. The Morgan fingerprint density at radius 2 is 2.00 bits per heavy atom. The van der Waals surface area contributed by atoms with Gasteiger partial charge in [0.05, 0.1) is 11.4 Å². The monoisotopic (exact) mass is 384 g/mol. The Balaban J connectivity index is 1.84. The normalized spacial score (nSPS) is 11.0. The molecule has 0 aliphatic rings. The molecule has 140 valence electrons. The average molecular weight is 384 g/mol. The number of ketones is 1. The van der Waals surface area contributed by atoms with Gasteiger partial charge in [0, 0.05) is 23.5 Å². The quantitative estimate of drug-likeness (QED) is 0.346. The van der Waals surface area contributed by atoms with E-state index in [9.17, 15) is 9.18 Å². The lowest BCUT2D eigenvalue weighted by Gasteiger charge is -2.10. The van der Waals surface area contributed by atoms with Gasteiger partial charge in [-0.3, -0.25) is 4.79 Å². The summed E-state index contributed by atoms with van der Waals surface area (Å²) in [4.78, 5) is 12.8. The molecule has 3 rings (SSSR count). The number of hydrogen-bond acceptors (Lipinski definition) is 4. The van der Waals surface area contributed by atoms with Crippen LogP contribution < -0.4 is 0 Å². The Kier molecular flexibility index (Phi) is 5.60. The molecule has 7 heteroatoms. The van der Waals surface area contributed by atoms with Crippen molar-refractivity contribution in [2.24, 2.45) is 0 Å². The summed E-state index contributed by atoms with van der Waals surface area (Å²) in [6.07, 6.45) is 1.77. The van der Waals surface area contributed by atoms with E-state index in [2.05, 4.69) is 16.8 Å². The summed E-state index contributed by atoms with van der Waals surface area (Å²) in [5.41, 5.74) is 2.58. The first kappa shape index (κ1) is 19.1. The highest BCUT2D eigenvalue weighted by molar-refractivity contribution is 7.99. The summed E-state index contributed by atoms with van der Waals surface area (Å²) in [6, 6.07) is 8.37. The van der Waals surface area contributed by atoms with Crippen LogP contribution in [0.1, 0.15) is 27.6 Å². The number of benzene rings is 1. The predicted octanol–water partition coefficient (Wildman–Crippen LogP) is 4.29. The molecular weight excluding hydrogens is 363 g/mol. The fourth-order valence-electron chi connectivity index (χ4n) is 3.06. The maximum absolute atomic E-state index is 14.2. The van der Waals surface area contributed by atoms with E-state index in [0.717, 1.165) is 17.2 Å². The largest absolute Gasteiger partial charge is 0.315 e. The van der Waals surface area contributed by atoms with Crippen LogP contribution in [0.4, 0.5) is 4.39 Å². The van der Waals surface area contributed by atoms with Gasteiger partial charge in [0.1, 0.15) is 11.6 Å². The molecule has 3 aromatic rings. The molecule has 27 heavy (non-hydrogen) atoms. The van der Waals surface area contributed by atoms with E-state index < -0.39 is 0 Å². The molecule has 0 aliphatic heterocycles. The number of hydrogen-bond donors (Lipinski definition) is 0. The zero-order chi connectivity index (χ0) is 19.6. The third kappa shape index (κ3) is 3.73. The van der Waals surface area contributed by atoms with Crippen molar-refractivity contribution in [3.8, 4) is 5.69 Å². The maximum Gasteiger partial charge on any atom is 0.191 e. The van der Waals surface area contributed by atoms with Crippen LogP contribution in [-0.2, 0) is 6.54 Å². The number of aromatic nitrogens is 4. The first-order valence-corrected chi connectivity index (χ1v) is 9.53. The number of Topliss-reactive ketones (excluding diaryl/α,β-unsaturated/α-hetero) is 1. The number of carbonyl (C=O) groups is 1. The predicted molar refractivity (Wildman–Crippen MR) is 105 cm³/mol. The Morgan fingerprint density at radius 3 is 2.70 bits per heavy atom. The molecule has 0 atom stereocenters. The minimum Gasteiger partial charge on any atom is -0.315 e. The van der Waals surface area contributed by atoms with Crippen molar-refractivity contribution < 1.29 is 9.18 Å². The standard InChI is InChI=1S/C20H21FN4OS/c1-5-10-24-15(4)22-23-20(24)27-12-19(26)16-11-13(2)25(14(16)3)18-9-7-6-8-17(18)21/h5-9,11H,1,10,12H2,2-4H3. The van der Waals surface area contributed by atoms with Crippen LogP contribution in [0.2, 0.25) is 0 Å². The molecule has 0 fully saturated rings. The Morgan fingerprint density at radius 1 is 1.26 bits per heavy atom. The molecule has 1 aromatic carbocycles. The van der Waals surface area contributed by atoms with Gasteiger partial charge in [-0.05, 0) is 39.0 Å². The molecule has 5 nitrogen and oxygen atoms in total. The van der Waals surface area contributed by atoms with Gasteiger partial charge in [0.25, 0.3) is 0 Å². The first-order valence-electron chi connectivity index (χ1n) is 8.54. The van der Waals surface area contributed by atoms with E-state index in [0.29, 0.717) is 23.0 Å². The first-order chi connectivity index (χ1) is 12.9. The number of thioether (sulfide) groups is 1. The molecule has 0 spiro atoms. The zero-order valence-electron chi connectivity index (χ0n) is 15.6. The van der Waals surface area contributed by atoms with Crippen LogP contribution in [0.5, 0.6) is 0 Å². The number of allylic oxidation sites excluding steroid dienone is 1. The van der Waals surface area contributed by atoms with Crippen molar-refractivity contribution in [1.29, 1.82) is 0 Å². The number of rotatable bonds is 7. The van der Waals surface area contributed by atoms with E-state index in [4.69, 9.17) is 0 Å². The molecular formula is C20H21FN4OS. The Bertz CT molecular complexity index is 1010. The van der Waals surface area contributed by atoms with Crippen molar-refractivity contribution in [2.75, 3.05) is 5.75 Å². The van der Waals surface area contributed by atoms with Crippen LogP contribution in [0.3, 0.4) is 0 Å². The van der Waals surface area contributed by atoms with E-state index >= 15 is 0 Å². The van der Waals surface area contributed by atoms with E-state index in [1.807, 2.05) is 31.4 Å². The minimum absolute atomic E-state index is 0.0264. The molecule has 2 aromatic heterocycles. The van der Waals surface area contributed by atoms with Crippen LogP contribution in [0.25, 0.3) is 5.69 Å². The second-order valence-corrected chi connectivity index (χ2v) is 7.16. The fraction of sp³-hybridized carbons (Fsp3) is 0.250. The number of halogens is 1. The van der Waals surface area contributed by atoms with Crippen molar-refractivity contribution in [3.05, 3.63) is 71.6 Å². The highest BCUT2D eigenvalue weighted by atomic mass is 32.2. The van der Waals surface area contributed by atoms with Gasteiger partial charge in [-0.15, -0.1) is 16.8 Å². The lowest BCUT2D eigenvalue weighted by Crippen LogP contribution is -2.08. The van der Waals surface area contributed by atoms with Crippen molar-refractivity contribution >= 4 is 17.5 Å². The van der Waals surface area contributed by atoms with Gasteiger partial charge in [-0.1, -0.05) is 30.0 Å². The van der Waals surface area contributed by atoms with Gasteiger partial charge in [0.2, 0.25) is 0 Å². The van der Waals surface area contributed by atoms with Crippen LogP contribution in [0.15, 0.2) is 48.1 Å². The fourth-order valence-corrected chi connectivity index (χ4v) is 3.94. The SMILES string of the molecule is C=CCn1c(C)nnc1SCC(=O)c1cc(C)n(-c2ccccc2F)c1C. The summed E-state index contributed by atoms with van der Waals surface area (Å²) < 4.78 is 17.9. The molecule has 0 N–H and O–H groups in total. The van der Waals surface area contributed by atoms with E-state index in [-0.39, 0.29) is 17.4 Å². The summed E-state index contributed by atoms with van der Waals surface area (Å²) in [5, 5.41) is 8.87. The smallest absolute Gasteiger partial charge is 0.191 e. The van der Waals surface area contributed by atoms with Gasteiger partial charge < -0.3 is 9.13 Å².